The van der Waals surface area contributed by atoms with E-state index in [1.807, 2.05) is 13.0 Å². The van der Waals surface area contributed by atoms with Crippen molar-refractivity contribution in [3.05, 3.63) is 17.5 Å². The Morgan fingerprint density at radius 2 is 2.16 bits per heavy atom. The van der Waals surface area contributed by atoms with Gasteiger partial charge in [0.05, 0.1) is 12.2 Å². The lowest BCUT2D eigenvalue weighted by Gasteiger charge is -2.31. The van der Waals surface area contributed by atoms with E-state index >= 15 is 0 Å². The number of rotatable bonds is 4. The molecule has 0 bridgehead atoms. The van der Waals surface area contributed by atoms with Crippen LogP contribution in [-0.2, 0) is 11.3 Å². The molecule has 5 heteroatoms. The number of aryl methyl sites for hydroxylation is 1. The van der Waals surface area contributed by atoms with Crippen LogP contribution < -0.4 is 5.32 Å². The molecule has 1 saturated heterocycles. The Balaban J connectivity index is 1.42. The normalized spacial score (nSPS) is 21.5. The molecule has 0 radical (unpaired) electrons. The zero-order valence-electron chi connectivity index (χ0n) is 11.4. The fourth-order valence-electron chi connectivity index (χ4n) is 2.61. The number of nitrogens with one attached hydrogen (secondary N) is 1. The van der Waals surface area contributed by atoms with E-state index in [4.69, 9.17) is 4.52 Å². The zero-order chi connectivity index (χ0) is 13.2. The molecule has 3 rings (SSSR count). The zero-order valence-corrected chi connectivity index (χ0v) is 11.4. The van der Waals surface area contributed by atoms with Gasteiger partial charge < -0.3 is 9.84 Å². The summed E-state index contributed by atoms with van der Waals surface area (Å²) in [7, 11) is 0. The minimum atomic E-state index is 0.268. The van der Waals surface area contributed by atoms with Gasteiger partial charge in [0.2, 0.25) is 5.91 Å². The van der Waals surface area contributed by atoms with Crippen molar-refractivity contribution in [3.63, 3.8) is 0 Å². The number of nitrogens with zero attached hydrogens (tertiary/aromatic N) is 2. The second-order valence-electron chi connectivity index (χ2n) is 5.77. The second-order valence-corrected chi connectivity index (χ2v) is 5.77. The van der Waals surface area contributed by atoms with E-state index in [-0.39, 0.29) is 5.91 Å². The molecule has 2 aliphatic rings. The summed E-state index contributed by atoms with van der Waals surface area (Å²) in [6.45, 7) is 4.78. The molecule has 104 valence electrons. The first kappa shape index (κ1) is 12.7. The summed E-state index contributed by atoms with van der Waals surface area (Å²) in [4.78, 5) is 14.1. The quantitative estimate of drug-likeness (QED) is 0.893. The first-order valence-corrected chi connectivity index (χ1v) is 7.15. The van der Waals surface area contributed by atoms with Gasteiger partial charge in [0, 0.05) is 31.1 Å². The number of hydrogen-bond donors (Lipinski definition) is 1. The van der Waals surface area contributed by atoms with Crippen molar-refractivity contribution in [3.8, 4) is 0 Å². The summed E-state index contributed by atoms with van der Waals surface area (Å²) < 4.78 is 5.24. The van der Waals surface area contributed by atoms with Gasteiger partial charge in [-0.15, -0.1) is 0 Å². The van der Waals surface area contributed by atoms with Crippen molar-refractivity contribution in [2.45, 2.75) is 45.2 Å². The Kier molecular flexibility index (Phi) is 3.55. The van der Waals surface area contributed by atoms with Crippen molar-refractivity contribution < 1.29 is 9.32 Å². The van der Waals surface area contributed by atoms with E-state index in [0.717, 1.165) is 56.8 Å². The lowest BCUT2D eigenvalue weighted by atomic mass is 10.0. The minimum Gasteiger partial charge on any atom is -0.360 e. The fraction of sp³-hybridized carbons (Fsp3) is 0.714. The van der Waals surface area contributed by atoms with Gasteiger partial charge in [0.1, 0.15) is 0 Å². The minimum absolute atomic E-state index is 0.268. The Hall–Kier alpha value is -1.36. The summed E-state index contributed by atoms with van der Waals surface area (Å²) in [5, 5.41) is 7.07. The molecule has 0 spiro atoms. The molecule has 1 N–H and O–H groups in total. The van der Waals surface area contributed by atoms with Crippen LogP contribution in [0.25, 0.3) is 0 Å². The predicted molar refractivity (Wildman–Crippen MR) is 70.4 cm³/mol. The highest BCUT2D eigenvalue weighted by Crippen LogP contribution is 2.29. The molecule has 2 fully saturated rings. The van der Waals surface area contributed by atoms with Gasteiger partial charge in [-0.2, -0.15) is 0 Å². The van der Waals surface area contributed by atoms with E-state index in [0.29, 0.717) is 12.0 Å². The number of hydrogen-bond acceptors (Lipinski definition) is 4. The molecule has 5 nitrogen and oxygen atoms in total. The molecular formula is C14H21N3O2. The summed E-state index contributed by atoms with van der Waals surface area (Å²) in [6, 6.07) is 2.35. The molecule has 1 aromatic heterocycles. The van der Waals surface area contributed by atoms with Gasteiger partial charge in [-0.3, -0.25) is 9.69 Å². The Morgan fingerprint density at radius 1 is 1.42 bits per heavy atom. The van der Waals surface area contributed by atoms with Crippen LogP contribution in [-0.4, -0.2) is 35.1 Å². The number of carbonyl (C=O) groups excluding carboxylic acids is 1. The fourth-order valence-corrected chi connectivity index (χ4v) is 2.61. The van der Waals surface area contributed by atoms with Crippen LogP contribution in [0, 0.1) is 12.8 Å². The number of amides is 1. The number of aromatic nitrogens is 1. The first-order valence-electron chi connectivity index (χ1n) is 7.15. The lowest BCUT2D eigenvalue weighted by Crippen LogP contribution is -2.44. The van der Waals surface area contributed by atoms with Crippen LogP contribution in [0.1, 0.15) is 37.1 Å². The van der Waals surface area contributed by atoms with Crippen LogP contribution in [0.2, 0.25) is 0 Å². The van der Waals surface area contributed by atoms with Gasteiger partial charge in [-0.1, -0.05) is 5.16 Å². The molecule has 1 saturated carbocycles. The second kappa shape index (κ2) is 5.33. The summed E-state index contributed by atoms with van der Waals surface area (Å²) in [5.74, 6) is 1.51. The van der Waals surface area contributed by atoms with E-state index in [9.17, 15) is 4.79 Å². The maximum Gasteiger partial charge on any atom is 0.223 e. The van der Waals surface area contributed by atoms with E-state index in [1.165, 1.54) is 0 Å². The highest BCUT2D eigenvalue weighted by molar-refractivity contribution is 5.81. The Labute approximate surface area is 113 Å². The Bertz CT molecular complexity index is 445. The van der Waals surface area contributed by atoms with Gasteiger partial charge in [0.15, 0.2) is 5.76 Å². The standard InChI is InChI=1S/C14H21N3O2/c1-10-8-13(19-16-10)9-17-6-4-12(5-7-17)15-14(18)11-2-3-11/h8,11-12H,2-7,9H2,1H3,(H,15,18). The first-order chi connectivity index (χ1) is 9.20. The summed E-state index contributed by atoms with van der Waals surface area (Å²) in [6.07, 6.45) is 4.22. The number of carbonyl (C=O) groups is 1. The van der Waals surface area contributed by atoms with E-state index in [1.54, 1.807) is 0 Å². The monoisotopic (exact) mass is 263 g/mol. The molecule has 1 aliphatic heterocycles. The van der Waals surface area contributed by atoms with Crippen LogP contribution in [0.15, 0.2) is 10.6 Å². The SMILES string of the molecule is Cc1cc(CN2CCC(NC(=O)C3CC3)CC2)on1. The average molecular weight is 263 g/mol. The molecule has 2 heterocycles. The molecular weight excluding hydrogens is 242 g/mol. The van der Waals surface area contributed by atoms with Crippen LogP contribution >= 0.6 is 0 Å². The molecule has 0 atom stereocenters. The van der Waals surface area contributed by atoms with E-state index in [2.05, 4.69) is 15.4 Å². The topological polar surface area (TPSA) is 58.4 Å². The predicted octanol–water partition coefficient (Wildman–Crippen LogP) is 1.47. The molecule has 0 unspecified atom stereocenters. The summed E-state index contributed by atoms with van der Waals surface area (Å²) in [5.41, 5.74) is 0.932. The maximum absolute atomic E-state index is 11.7. The number of likely N-dealkylation sites (tertiary alicyclic amines) is 1. The molecule has 1 aromatic rings. The highest BCUT2D eigenvalue weighted by atomic mass is 16.5. The van der Waals surface area contributed by atoms with Crippen molar-refractivity contribution in [1.29, 1.82) is 0 Å². The van der Waals surface area contributed by atoms with Crippen LogP contribution in [0.5, 0.6) is 0 Å². The highest BCUT2D eigenvalue weighted by Gasteiger charge is 2.31. The van der Waals surface area contributed by atoms with Gasteiger partial charge in [-0.25, -0.2) is 0 Å². The lowest BCUT2D eigenvalue weighted by molar-refractivity contribution is -0.123. The largest absolute Gasteiger partial charge is 0.360 e. The van der Waals surface area contributed by atoms with Crippen molar-refractivity contribution in [1.82, 2.24) is 15.4 Å². The van der Waals surface area contributed by atoms with Gasteiger partial charge in [0.25, 0.3) is 0 Å². The third-order valence-electron chi connectivity index (χ3n) is 3.94. The Morgan fingerprint density at radius 3 is 2.74 bits per heavy atom. The van der Waals surface area contributed by atoms with Gasteiger partial charge in [-0.05, 0) is 32.6 Å². The third-order valence-corrected chi connectivity index (χ3v) is 3.94. The third kappa shape index (κ3) is 3.35. The maximum atomic E-state index is 11.7. The van der Waals surface area contributed by atoms with Crippen LogP contribution in [0.3, 0.4) is 0 Å². The average Bonchev–Trinajstić information content (AvgIpc) is 3.17. The smallest absolute Gasteiger partial charge is 0.223 e. The molecule has 1 aliphatic carbocycles. The van der Waals surface area contributed by atoms with Crippen molar-refractivity contribution in [2.75, 3.05) is 13.1 Å². The molecule has 0 aromatic carbocycles. The molecule has 1 amide bonds. The van der Waals surface area contributed by atoms with Crippen LogP contribution in [0.4, 0.5) is 0 Å². The number of piperidine rings is 1. The van der Waals surface area contributed by atoms with Crippen molar-refractivity contribution in [2.24, 2.45) is 5.92 Å². The van der Waals surface area contributed by atoms with Crippen molar-refractivity contribution >= 4 is 5.91 Å². The molecule has 19 heavy (non-hydrogen) atoms. The van der Waals surface area contributed by atoms with E-state index < -0.39 is 0 Å². The van der Waals surface area contributed by atoms with Gasteiger partial charge >= 0.3 is 0 Å². The summed E-state index contributed by atoms with van der Waals surface area (Å²) >= 11 is 0.